The highest BCUT2D eigenvalue weighted by Crippen LogP contribution is 2.28. The largest absolute Gasteiger partial charge is 0.339 e. The van der Waals surface area contributed by atoms with E-state index in [1.807, 2.05) is 64.1 Å². The number of para-hydroxylation sites is 1. The molecule has 6 nitrogen and oxygen atoms in total. The Morgan fingerprint density at radius 2 is 1.70 bits per heavy atom. The van der Waals surface area contributed by atoms with Crippen LogP contribution in [0.5, 0.6) is 0 Å². The summed E-state index contributed by atoms with van der Waals surface area (Å²) in [7, 11) is 0. The number of likely N-dealkylation sites (N-methyl/N-ethyl adjacent to an activating group) is 1. The third-order valence-electron chi connectivity index (χ3n) is 5.25. The van der Waals surface area contributed by atoms with Gasteiger partial charge in [0, 0.05) is 42.5 Å². The van der Waals surface area contributed by atoms with Crippen LogP contribution in [0.1, 0.15) is 6.92 Å². The summed E-state index contributed by atoms with van der Waals surface area (Å²) < 4.78 is 2.00. The van der Waals surface area contributed by atoms with Crippen molar-refractivity contribution in [3.63, 3.8) is 0 Å². The van der Waals surface area contributed by atoms with Crippen LogP contribution >= 0.6 is 23.4 Å². The smallest absolute Gasteiger partial charge is 0.233 e. The maximum absolute atomic E-state index is 12.7. The Hall–Kier alpha value is -2.35. The number of hydrogen-bond acceptors (Lipinski definition) is 5. The maximum atomic E-state index is 12.7. The van der Waals surface area contributed by atoms with Gasteiger partial charge in [0.25, 0.3) is 0 Å². The molecule has 156 valence electrons. The van der Waals surface area contributed by atoms with Crippen LogP contribution in [0.2, 0.25) is 5.02 Å². The molecule has 4 rings (SSSR count). The molecule has 0 unspecified atom stereocenters. The van der Waals surface area contributed by atoms with Gasteiger partial charge in [-0.2, -0.15) is 0 Å². The van der Waals surface area contributed by atoms with Crippen molar-refractivity contribution in [3.05, 3.63) is 59.6 Å². The summed E-state index contributed by atoms with van der Waals surface area (Å²) >= 11 is 7.47. The molecule has 8 heteroatoms. The molecular formula is C22H24ClN5OS. The number of halogens is 1. The molecule has 0 N–H and O–H groups in total. The van der Waals surface area contributed by atoms with Crippen molar-refractivity contribution in [1.29, 1.82) is 0 Å². The standard InChI is InChI=1S/C22H24ClN5OS/c1-2-26-12-14-27(15-13-26)20(29)16-30-22-25-24-21(17-8-10-18(23)11-9-17)28(22)19-6-4-3-5-7-19/h3-11H,2,12-16H2,1H3. The molecule has 1 aliphatic rings. The minimum Gasteiger partial charge on any atom is -0.339 e. The first-order valence-corrected chi connectivity index (χ1v) is 11.4. The Labute approximate surface area is 185 Å². The van der Waals surface area contributed by atoms with Crippen LogP contribution in [-0.4, -0.2) is 68.9 Å². The van der Waals surface area contributed by atoms with Gasteiger partial charge in [-0.05, 0) is 42.9 Å². The van der Waals surface area contributed by atoms with Crippen LogP contribution in [-0.2, 0) is 4.79 Å². The van der Waals surface area contributed by atoms with Crippen molar-refractivity contribution in [2.75, 3.05) is 38.5 Å². The van der Waals surface area contributed by atoms with E-state index in [4.69, 9.17) is 11.6 Å². The lowest BCUT2D eigenvalue weighted by atomic mass is 10.2. The Morgan fingerprint density at radius 3 is 2.37 bits per heavy atom. The van der Waals surface area contributed by atoms with E-state index in [-0.39, 0.29) is 5.91 Å². The molecule has 2 aromatic carbocycles. The molecule has 3 aromatic rings. The predicted molar refractivity (Wildman–Crippen MR) is 121 cm³/mol. The van der Waals surface area contributed by atoms with Crippen molar-refractivity contribution in [2.45, 2.75) is 12.1 Å². The summed E-state index contributed by atoms with van der Waals surface area (Å²) in [5, 5.41) is 10.2. The lowest BCUT2D eigenvalue weighted by Crippen LogP contribution is -2.49. The van der Waals surface area contributed by atoms with E-state index in [1.54, 1.807) is 0 Å². The average Bonchev–Trinajstić information content (AvgIpc) is 3.22. The number of piperazine rings is 1. The zero-order chi connectivity index (χ0) is 20.9. The van der Waals surface area contributed by atoms with E-state index in [2.05, 4.69) is 22.0 Å². The molecule has 1 aromatic heterocycles. The molecule has 0 radical (unpaired) electrons. The number of carbonyl (C=O) groups excluding carboxylic acids is 1. The summed E-state index contributed by atoms with van der Waals surface area (Å²) in [5.41, 5.74) is 1.88. The van der Waals surface area contributed by atoms with Crippen LogP contribution in [0, 0.1) is 0 Å². The molecule has 1 amide bonds. The summed E-state index contributed by atoms with van der Waals surface area (Å²) in [5.74, 6) is 1.22. The summed E-state index contributed by atoms with van der Waals surface area (Å²) in [6, 6.07) is 17.5. The number of carbonyl (C=O) groups is 1. The average molecular weight is 442 g/mol. The number of nitrogens with zero attached hydrogens (tertiary/aromatic N) is 5. The third kappa shape index (κ3) is 4.69. The quantitative estimate of drug-likeness (QED) is 0.544. The molecule has 0 spiro atoms. The summed E-state index contributed by atoms with van der Waals surface area (Å²) in [4.78, 5) is 17.1. The number of hydrogen-bond donors (Lipinski definition) is 0. The highest BCUT2D eigenvalue weighted by molar-refractivity contribution is 7.99. The Morgan fingerprint density at radius 1 is 1.00 bits per heavy atom. The number of rotatable bonds is 6. The highest BCUT2D eigenvalue weighted by Gasteiger charge is 2.22. The van der Waals surface area contributed by atoms with Crippen LogP contribution in [0.3, 0.4) is 0 Å². The third-order valence-corrected chi connectivity index (χ3v) is 6.41. The molecule has 0 aliphatic carbocycles. The first-order valence-electron chi connectivity index (χ1n) is 10.1. The van der Waals surface area contributed by atoms with Gasteiger partial charge in [0.15, 0.2) is 11.0 Å². The summed E-state index contributed by atoms with van der Waals surface area (Å²) in [6.07, 6.45) is 0. The van der Waals surface area contributed by atoms with Crippen LogP contribution in [0.15, 0.2) is 59.8 Å². The first-order chi connectivity index (χ1) is 14.7. The van der Waals surface area contributed by atoms with Crippen LogP contribution in [0.25, 0.3) is 17.1 Å². The topological polar surface area (TPSA) is 54.3 Å². The summed E-state index contributed by atoms with van der Waals surface area (Å²) in [6.45, 7) is 6.64. The molecule has 0 saturated carbocycles. The molecule has 1 aliphatic heterocycles. The molecule has 30 heavy (non-hydrogen) atoms. The normalized spacial score (nSPS) is 14.8. The fourth-order valence-electron chi connectivity index (χ4n) is 3.49. The van der Waals surface area contributed by atoms with Crippen molar-refractivity contribution in [3.8, 4) is 17.1 Å². The van der Waals surface area contributed by atoms with Gasteiger partial charge >= 0.3 is 0 Å². The minimum atomic E-state index is 0.145. The van der Waals surface area contributed by atoms with Gasteiger partial charge in [-0.15, -0.1) is 10.2 Å². The van der Waals surface area contributed by atoms with Crippen LogP contribution < -0.4 is 0 Å². The molecule has 0 bridgehead atoms. The van der Waals surface area contributed by atoms with E-state index >= 15 is 0 Å². The second kappa shape index (κ2) is 9.64. The zero-order valence-corrected chi connectivity index (χ0v) is 18.4. The second-order valence-corrected chi connectivity index (χ2v) is 8.47. The molecular weight excluding hydrogens is 418 g/mol. The van der Waals surface area contributed by atoms with E-state index in [0.29, 0.717) is 15.9 Å². The van der Waals surface area contributed by atoms with Gasteiger partial charge in [0.05, 0.1) is 5.75 Å². The fourth-order valence-corrected chi connectivity index (χ4v) is 4.47. The number of thioether (sulfide) groups is 1. The second-order valence-electron chi connectivity index (χ2n) is 7.09. The van der Waals surface area contributed by atoms with E-state index in [1.165, 1.54) is 11.8 Å². The number of benzene rings is 2. The number of aromatic nitrogens is 3. The monoisotopic (exact) mass is 441 g/mol. The molecule has 1 saturated heterocycles. The SMILES string of the molecule is CCN1CCN(C(=O)CSc2nnc(-c3ccc(Cl)cc3)n2-c2ccccc2)CC1. The molecule has 2 heterocycles. The Bertz CT molecular complexity index is 985. The first kappa shape index (κ1) is 20.9. The lowest BCUT2D eigenvalue weighted by molar-refractivity contribution is -0.130. The molecule has 1 fully saturated rings. The van der Waals surface area contributed by atoms with Gasteiger partial charge in [0.2, 0.25) is 5.91 Å². The maximum Gasteiger partial charge on any atom is 0.233 e. The van der Waals surface area contributed by atoms with Crippen molar-refractivity contribution in [1.82, 2.24) is 24.6 Å². The van der Waals surface area contributed by atoms with Crippen molar-refractivity contribution in [2.24, 2.45) is 0 Å². The van der Waals surface area contributed by atoms with Crippen molar-refractivity contribution >= 4 is 29.3 Å². The predicted octanol–water partition coefficient (Wildman–Crippen LogP) is 3.84. The fraction of sp³-hybridized carbons (Fsp3) is 0.318. The van der Waals surface area contributed by atoms with Gasteiger partial charge in [0.1, 0.15) is 0 Å². The Balaban J connectivity index is 1.55. The van der Waals surface area contributed by atoms with Crippen LogP contribution in [0.4, 0.5) is 0 Å². The van der Waals surface area contributed by atoms with Gasteiger partial charge < -0.3 is 9.80 Å². The zero-order valence-electron chi connectivity index (χ0n) is 16.9. The highest BCUT2D eigenvalue weighted by atomic mass is 35.5. The van der Waals surface area contributed by atoms with Gasteiger partial charge in [-0.3, -0.25) is 9.36 Å². The van der Waals surface area contributed by atoms with Crippen molar-refractivity contribution < 1.29 is 4.79 Å². The minimum absolute atomic E-state index is 0.145. The van der Waals surface area contributed by atoms with Gasteiger partial charge in [-0.1, -0.05) is 48.5 Å². The lowest BCUT2D eigenvalue weighted by Gasteiger charge is -2.34. The molecule has 0 atom stereocenters. The van der Waals surface area contributed by atoms with E-state index in [9.17, 15) is 4.79 Å². The Kier molecular flexibility index (Phi) is 6.72. The number of amides is 1. The van der Waals surface area contributed by atoms with E-state index in [0.717, 1.165) is 49.8 Å². The van der Waals surface area contributed by atoms with E-state index < -0.39 is 0 Å². The van der Waals surface area contributed by atoms with Gasteiger partial charge in [-0.25, -0.2) is 0 Å².